The first kappa shape index (κ1) is 19.1. The van der Waals surface area contributed by atoms with Crippen molar-refractivity contribution in [3.05, 3.63) is 23.2 Å². The Bertz CT molecular complexity index is 585. The van der Waals surface area contributed by atoms with E-state index in [9.17, 15) is 22.8 Å². The predicted molar refractivity (Wildman–Crippen MR) is 76.2 cm³/mol. The quantitative estimate of drug-likeness (QED) is 0.865. The number of carboxylic acid groups (broad SMARTS) is 1. The maximum Gasteiger partial charge on any atom is 0.408 e. The average Bonchev–Trinajstić information content (AvgIpc) is 2.65. The number of carbonyl (C=O) groups is 2. The minimum absolute atomic E-state index is 0.157. The maximum atomic E-state index is 13.1. The largest absolute Gasteiger partial charge is 0.481 e. The Morgan fingerprint density at radius 3 is 2.30 bits per heavy atom. The molecule has 0 spiro atoms. The summed E-state index contributed by atoms with van der Waals surface area (Å²) in [6.07, 6.45) is -4.33. The van der Waals surface area contributed by atoms with Crippen molar-refractivity contribution < 1.29 is 32.3 Å². The number of rotatable bonds is 5. The molecule has 0 aromatic carbocycles. The Morgan fingerprint density at radius 2 is 1.87 bits per heavy atom. The molecule has 1 aromatic heterocycles. The number of halogens is 3. The molecule has 1 unspecified atom stereocenters. The van der Waals surface area contributed by atoms with Gasteiger partial charge in [-0.2, -0.15) is 13.2 Å². The molecular weight excluding hydrogens is 315 g/mol. The fourth-order valence-electron chi connectivity index (χ4n) is 2.16. The summed E-state index contributed by atoms with van der Waals surface area (Å²) in [5, 5.41) is 10.7. The van der Waals surface area contributed by atoms with Crippen LogP contribution in [0, 0.1) is 12.3 Å². The molecule has 23 heavy (non-hydrogen) atoms. The van der Waals surface area contributed by atoms with Crippen LogP contribution in [0.5, 0.6) is 0 Å². The van der Waals surface area contributed by atoms with E-state index in [4.69, 9.17) is 9.52 Å². The van der Waals surface area contributed by atoms with Crippen LogP contribution in [-0.4, -0.2) is 29.2 Å². The van der Waals surface area contributed by atoms with E-state index in [2.05, 4.69) is 0 Å². The molecule has 1 amide bonds. The van der Waals surface area contributed by atoms with Gasteiger partial charge < -0.3 is 14.8 Å². The molecule has 0 aliphatic heterocycles. The summed E-state index contributed by atoms with van der Waals surface area (Å²) < 4.78 is 44.4. The summed E-state index contributed by atoms with van der Waals surface area (Å²) in [6, 6.07) is -2.03. The third-order valence-electron chi connectivity index (χ3n) is 3.11. The Hall–Kier alpha value is -1.99. The Kier molecular flexibility index (Phi) is 5.50. The van der Waals surface area contributed by atoms with Gasteiger partial charge in [0, 0.05) is 5.56 Å². The van der Waals surface area contributed by atoms with Gasteiger partial charge in [-0.05, 0) is 18.8 Å². The van der Waals surface area contributed by atoms with E-state index in [1.807, 2.05) is 5.32 Å². The summed E-state index contributed by atoms with van der Waals surface area (Å²) in [5.41, 5.74) is -0.519. The van der Waals surface area contributed by atoms with Crippen molar-refractivity contribution in [3.8, 4) is 0 Å². The zero-order valence-corrected chi connectivity index (χ0v) is 13.4. The molecule has 0 bridgehead atoms. The van der Waals surface area contributed by atoms with Crippen molar-refractivity contribution >= 4 is 11.9 Å². The van der Waals surface area contributed by atoms with Crippen molar-refractivity contribution in [2.75, 3.05) is 0 Å². The normalized spacial score (nSPS) is 13.7. The fourth-order valence-corrected chi connectivity index (χ4v) is 2.16. The molecular formula is C15H20F3NO4. The lowest BCUT2D eigenvalue weighted by Crippen LogP contribution is -2.47. The molecule has 0 radical (unpaired) electrons. The van der Waals surface area contributed by atoms with Gasteiger partial charge >= 0.3 is 12.1 Å². The summed E-state index contributed by atoms with van der Waals surface area (Å²) in [6.45, 7) is 6.38. The minimum atomic E-state index is -4.60. The van der Waals surface area contributed by atoms with Gasteiger partial charge in [0.1, 0.15) is 18.2 Å². The van der Waals surface area contributed by atoms with Gasteiger partial charge in [0.15, 0.2) is 0 Å². The van der Waals surface area contributed by atoms with E-state index in [0.29, 0.717) is 0 Å². The number of furan rings is 1. The predicted octanol–water partition coefficient (Wildman–Crippen LogP) is 3.31. The molecule has 0 fully saturated rings. The number of hydrogen-bond acceptors (Lipinski definition) is 3. The number of amides is 1. The molecule has 5 nitrogen and oxygen atoms in total. The lowest BCUT2D eigenvalue weighted by molar-refractivity contribution is -0.159. The third-order valence-corrected chi connectivity index (χ3v) is 3.11. The van der Waals surface area contributed by atoms with Gasteiger partial charge in [0.25, 0.3) is 5.91 Å². The number of alkyl halides is 3. The average molecular weight is 335 g/mol. The van der Waals surface area contributed by atoms with Crippen molar-refractivity contribution in [2.45, 2.75) is 52.8 Å². The smallest absolute Gasteiger partial charge is 0.408 e. The molecule has 1 aromatic rings. The molecule has 0 aliphatic carbocycles. The lowest BCUT2D eigenvalue weighted by atomic mass is 9.87. The van der Waals surface area contributed by atoms with Crippen molar-refractivity contribution in [2.24, 2.45) is 5.41 Å². The van der Waals surface area contributed by atoms with Crippen molar-refractivity contribution in [1.82, 2.24) is 5.32 Å². The summed E-state index contributed by atoms with van der Waals surface area (Å²) >= 11 is 0. The molecule has 130 valence electrons. The first-order valence-corrected chi connectivity index (χ1v) is 6.97. The third kappa shape index (κ3) is 5.61. The molecule has 8 heteroatoms. The van der Waals surface area contributed by atoms with Crippen LogP contribution in [0.4, 0.5) is 13.2 Å². The molecule has 1 atom stereocenters. The molecule has 0 saturated heterocycles. The van der Waals surface area contributed by atoms with E-state index in [1.54, 1.807) is 20.8 Å². The number of nitrogens with one attached hydrogen (secondary N) is 1. The van der Waals surface area contributed by atoms with Crippen LogP contribution < -0.4 is 5.32 Å². The van der Waals surface area contributed by atoms with Crippen LogP contribution >= 0.6 is 0 Å². The summed E-state index contributed by atoms with van der Waals surface area (Å²) in [7, 11) is 0. The minimum Gasteiger partial charge on any atom is -0.481 e. The van der Waals surface area contributed by atoms with Gasteiger partial charge in [-0.3, -0.25) is 9.59 Å². The number of hydrogen-bond donors (Lipinski definition) is 2. The van der Waals surface area contributed by atoms with Crippen LogP contribution in [0.3, 0.4) is 0 Å². The van der Waals surface area contributed by atoms with Crippen LogP contribution in [0.15, 0.2) is 10.7 Å². The fraction of sp³-hybridized carbons (Fsp3) is 0.600. The zero-order valence-electron chi connectivity index (χ0n) is 13.4. The molecule has 0 saturated carbocycles. The van der Waals surface area contributed by atoms with E-state index in [0.717, 1.165) is 6.26 Å². The molecule has 0 aliphatic rings. The van der Waals surface area contributed by atoms with Crippen LogP contribution in [0.25, 0.3) is 0 Å². The van der Waals surface area contributed by atoms with E-state index >= 15 is 0 Å². The Balaban J connectivity index is 3.04. The molecule has 1 rings (SSSR count). The topological polar surface area (TPSA) is 79.5 Å². The number of carboxylic acids is 1. The Labute approximate surface area is 131 Å². The summed E-state index contributed by atoms with van der Waals surface area (Å²) in [4.78, 5) is 23.0. The number of aliphatic carboxylic acids is 1. The van der Waals surface area contributed by atoms with E-state index in [1.165, 1.54) is 6.92 Å². The standard InChI is InChI=1S/C15H20F3NO4/c1-8-7-23-9(5-11(20)21)12(8)13(22)19-10(15(16,17)18)6-14(2,3)4/h7,10H,5-6H2,1-4H3,(H,19,22)(H,20,21). The zero-order chi connectivity index (χ0) is 18.0. The van der Waals surface area contributed by atoms with Gasteiger partial charge in [0.2, 0.25) is 0 Å². The highest BCUT2D eigenvalue weighted by molar-refractivity contribution is 5.97. The van der Waals surface area contributed by atoms with Crippen LogP contribution in [0.2, 0.25) is 0 Å². The second-order valence-electron chi connectivity index (χ2n) is 6.62. The van der Waals surface area contributed by atoms with E-state index in [-0.39, 0.29) is 23.3 Å². The van der Waals surface area contributed by atoms with Crippen LogP contribution in [0.1, 0.15) is 48.9 Å². The monoisotopic (exact) mass is 335 g/mol. The van der Waals surface area contributed by atoms with Gasteiger partial charge in [0.05, 0.1) is 11.8 Å². The molecule has 2 N–H and O–H groups in total. The highest BCUT2D eigenvalue weighted by Gasteiger charge is 2.43. The van der Waals surface area contributed by atoms with Gasteiger partial charge in [-0.25, -0.2) is 0 Å². The first-order valence-electron chi connectivity index (χ1n) is 6.97. The molecule has 1 heterocycles. The number of carbonyl (C=O) groups excluding carboxylic acids is 1. The highest BCUT2D eigenvalue weighted by Crippen LogP contribution is 2.31. The van der Waals surface area contributed by atoms with Crippen molar-refractivity contribution in [1.29, 1.82) is 0 Å². The highest BCUT2D eigenvalue weighted by atomic mass is 19.4. The lowest BCUT2D eigenvalue weighted by Gasteiger charge is -2.28. The van der Waals surface area contributed by atoms with Crippen LogP contribution in [-0.2, 0) is 11.2 Å². The van der Waals surface area contributed by atoms with Crippen molar-refractivity contribution in [3.63, 3.8) is 0 Å². The van der Waals surface area contributed by atoms with E-state index < -0.39 is 35.9 Å². The SMILES string of the molecule is Cc1coc(CC(=O)O)c1C(=O)NC(CC(C)(C)C)C(F)(F)F. The van der Waals surface area contributed by atoms with Gasteiger partial charge in [-0.15, -0.1) is 0 Å². The maximum absolute atomic E-state index is 13.1. The summed E-state index contributed by atoms with van der Waals surface area (Å²) in [5.74, 6) is -2.39. The second-order valence-corrected chi connectivity index (χ2v) is 6.62. The van der Waals surface area contributed by atoms with Gasteiger partial charge in [-0.1, -0.05) is 20.8 Å². The second kappa shape index (κ2) is 6.64. The Morgan fingerprint density at radius 1 is 1.30 bits per heavy atom. The number of aryl methyl sites for hydroxylation is 1. The first-order chi connectivity index (χ1) is 10.3.